The molecular weight excluding hydrogens is 520 g/mol. The molecule has 38 heavy (non-hydrogen) atoms. The number of carbonyl (C=O) groups excluding carboxylic acids is 3. The predicted octanol–water partition coefficient (Wildman–Crippen LogP) is 5.23. The van der Waals surface area contributed by atoms with Crippen molar-refractivity contribution in [3.8, 4) is 11.5 Å². The molecule has 2 aromatic carbocycles. The molecule has 3 unspecified atom stereocenters. The van der Waals surface area contributed by atoms with Crippen LogP contribution in [0.15, 0.2) is 48.5 Å². The van der Waals surface area contributed by atoms with Crippen LogP contribution >= 0.6 is 24.0 Å². The Morgan fingerprint density at radius 1 is 1.00 bits per heavy atom. The van der Waals surface area contributed by atoms with Crippen LogP contribution in [-0.4, -0.2) is 59.4 Å². The Morgan fingerprint density at radius 2 is 1.66 bits per heavy atom. The van der Waals surface area contributed by atoms with Gasteiger partial charge in [-0.25, -0.2) is 4.90 Å². The molecule has 2 saturated heterocycles. The zero-order valence-electron chi connectivity index (χ0n) is 22.0. The maximum Gasteiger partial charge on any atom is 0.247 e. The van der Waals surface area contributed by atoms with E-state index in [4.69, 9.17) is 21.7 Å². The van der Waals surface area contributed by atoms with E-state index >= 15 is 0 Å². The molecule has 4 rings (SSSR count). The Hall–Kier alpha value is -3.17. The molecule has 2 aromatic rings. The first-order valence-electron chi connectivity index (χ1n) is 12.6. The number of amides is 2. The first-order chi connectivity index (χ1) is 18.2. The monoisotopic (exact) mass is 552 g/mol. The van der Waals surface area contributed by atoms with Gasteiger partial charge in [-0.15, -0.1) is 0 Å². The van der Waals surface area contributed by atoms with Crippen molar-refractivity contribution in [1.82, 2.24) is 4.90 Å². The van der Waals surface area contributed by atoms with Crippen LogP contribution in [0, 0.1) is 11.8 Å². The normalized spacial score (nSPS) is 21.7. The number of thioether (sulfide) groups is 1. The molecule has 3 atom stereocenters. The summed E-state index contributed by atoms with van der Waals surface area (Å²) in [5.74, 6) is 1.54. The summed E-state index contributed by atoms with van der Waals surface area (Å²) in [4.78, 5) is 42.0. The van der Waals surface area contributed by atoms with E-state index in [-0.39, 0.29) is 24.0 Å². The summed E-state index contributed by atoms with van der Waals surface area (Å²) in [6.45, 7) is 6.18. The molecule has 0 N–H and O–H groups in total. The minimum atomic E-state index is -0.534. The number of rotatable bonds is 7. The second kappa shape index (κ2) is 12.1. The third-order valence-corrected chi connectivity index (χ3v) is 8.38. The molecule has 0 saturated carbocycles. The van der Waals surface area contributed by atoms with Crippen molar-refractivity contribution in [2.75, 3.05) is 32.2 Å². The molecule has 0 aliphatic carbocycles. The topological polar surface area (TPSA) is 76.2 Å². The molecule has 2 heterocycles. The largest absolute Gasteiger partial charge is 0.493 e. The van der Waals surface area contributed by atoms with Gasteiger partial charge in [-0.1, -0.05) is 50.0 Å². The van der Waals surface area contributed by atoms with Crippen LogP contribution in [0.1, 0.15) is 42.6 Å². The number of ether oxygens (including phenoxy) is 2. The van der Waals surface area contributed by atoms with Gasteiger partial charge in [0.05, 0.1) is 19.9 Å². The lowest BCUT2D eigenvalue weighted by atomic mass is 9.92. The third-order valence-electron chi connectivity index (χ3n) is 6.72. The highest BCUT2D eigenvalue weighted by Crippen LogP contribution is 2.33. The molecule has 9 heteroatoms. The molecule has 2 fully saturated rings. The smallest absolute Gasteiger partial charge is 0.247 e. The Morgan fingerprint density at radius 3 is 2.29 bits per heavy atom. The summed E-state index contributed by atoms with van der Waals surface area (Å²) < 4.78 is 11.2. The highest BCUT2D eigenvalue weighted by Gasteiger charge is 2.41. The fraction of sp³-hybridized carbons (Fsp3) is 0.379. The highest BCUT2D eigenvalue weighted by atomic mass is 32.2. The maximum absolute atomic E-state index is 13.1. The molecule has 0 spiro atoms. The van der Waals surface area contributed by atoms with E-state index in [0.29, 0.717) is 38.9 Å². The van der Waals surface area contributed by atoms with Gasteiger partial charge >= 0.3 is 0 Å². The van der Waals surface area contributed by atoms with E-state index in [9.17, 15) is 14.4 Å². The van der Waals surface area contributed by atoms with Gasteiger partial charge < -0.3 is 14.4 Å². The van der Waals surface area contributed by atoms with Crippen LogP contribution in [0.4, 0.5) is 5.69 Å². The lowest BCUT2D eigenvalue weighted by Crippen LogP contribution is -2.41. The molecule has 2 aliphatic rings. The minimum absolute atomic E-state index is 0.108. The number of carbonyl (C=O) groups is 3. The highest BCUT2D eigenvalue weighted by molar-refractivity contribution is 8.23. The fourth-order valence-electron chi connectivity index (χ4n) is 4.98. The van der Waals surface area contributed by atoms with E-state index in [1.54, 1.807) is 56.7 Å². The van der Waals surface area contributed by atoms with Crippen LogP contribution in [0.5, 0.6) is 11.5 Å². The number of nitrogens with zero attached hydrogens (tertiary/aromatic N) is 2. The Bertz CT molecular complexity index is 1250. The van der Waals surface area contributed by atoms with Gasteiger partial charge in [-0.2, -0.15) is 0 Å². The van der Waals surface area contributed by atoms with Crippen LogP contribution in [0.25, 0.3) is 6.08 Å². The first-order valence-corrected chi connectivity index (χ1v) is 13.9. The molecular formula is C29H32N2O5S2. The van der Waals surface area contributed by atoms with Crippen molar-refractivity contribution in [2.45, 2.75) is 31.9 Å². The lowest BCUT2D eigenvalue weighted by Gasteiger charge is -2.36. The number of hydrogen-bond donors (Lipinski definition) is 0. The third kappa shape index (κ3) is 6.27. The molecule has 0 aromatic heterocycles. The van der Waals surface area contributed by atoms with Crippen molar-refractivity contribution in [1.29, 1.82) is 0 Å². The van der Waals surface area contributed by atoms with Crippen LogP contribution in [0.2, 0.25) is 0 Å². The summed E-state index contributed by atoms with van der Waals surface area (Å²) in [6, 6.07) is 11.9. The van der Waals surface area contributed by atoms with Gasteiger partial charge in [-0.3, -0.25) is 14.4 Å². The molecule has 2 amide bonds. The maximum atomic E-state index is 13.1. The van der Waals surface area contributed by atoms with Crippen LogP contribution in [0.3, 0.4) is 0 Å². The van der Waals surface area contributed by atoms with Gasteiger partial charge in [0.15, 0.2) is 17.3 Å². The number of hydrogen-bond acceptors (Lipinski definition) is 7. The standard InChI is InChI=1S/C29H32N2O5S2/c1-18-13-19(2)17-30(16-18)29(37)38-26-15-27(33)31(28(26)34)22-9-7-21(8-10-22)23(32)11-5-20-6-12-24(35-3)25(14-20)36-4/h5-12,14,18-19,26H,13,15-17H2,1-4H3. The number of imide groups is 1. The Balaban J connectivity index is 1.39. The lowest BCUT2D eigenvalue weighted by molar-refractivity contribution is -0.121. The number of methoxy groups -OCH3 is 2. The number of ketones is 1. The van der Waals surface area contributed by atoms with Crippen molar-refractivity contribution in [3.05, 3.63) is 59.7 Å². The van der Waals surface area contributed by atoms with Crippen LogP contribution < -0.4 is 14.4 Å². The number of thiocarbonyl (C=S) groups is 1. The number of anilines is 1. The van der Waals surface area contributed by atoms with Gasteiger partial charge in [-0.05, 0) is 66.3 Å². The Labute approximate surface area is 233 Å². The van der Waals surface area contributed by atoms with Crippen molar-refractivity contribution < 1.29 is 23.9 Å². The fourth-order valence-corrected chi connectivity index (χ4v) is 6.45. The van der Waals surface area contributed by atoms with Crippen molar-refractivity contribution in [2.24, 2.45) is 11.8 Å². The molecule has 2 aliphatic heterocycles. The predicted molar refractivity (Wildman–Crippen MR) is 155 cm³/mol. The summed E-state index contributed by atoms with van der Waals surface area (Å²) in [7, 11) is 3.12. The molecule has 7 nitrogen and oxygen atoms in total. The van der Waals surface area contributed by atoms with Gasteiger partial charge in [0.2, 0.25) is 11.8 Å². The summed E-state index contributed by atoms with van der Waals surface area (Å²) in [5, 5.41) is -0.534. The summed E-state index contributed by atoms with van der Waals surface area (Å²) >= 11 is 6.96. The van der Waals surface area contributed by atoms with E-state index in [1.807, 2.05) is 6.07 Å². The zero-order chi connectivity index (χ0) is 27.4. The molecule has 200 valence electrons. The van der Waals surface area contributed by atoms with Crippen molar-refractivity contribution in [3.63, 3.8) is 0 Å². The number of likely N-dealkylation sites (tertiary alicyclic amines) is 1. The SMILES string of the molecule is COc1ccc(C=CC(=O)c2ccc(N3C(=O)CC(SC(=S)N4CC(C)CC(C)C4)C3=O)cc2)cc1OC. The second-order valence-electron chi connectivity index (χ2n) is 9.85. The van der Waals surface area contributed by atoms with Crippen molar-refractivity contribution >= 4 is 57.7 Å². The number of benzene rings is 2. The average Bonchev–Trinajstić information content (AvgIpc) is 3.18. The van der Waals surface area contributed by atoms with Gasteiger partial charge in [0.25, 0.3) is 0 Å². The molecule has 0 bridgehead atoms. The van der Waals surface area contributed by atoms with Gasteiger partial charge in [0, 0.05) is 25.1 Å². The number of allylic oxidation sites excluding steroid dienone is 1. The van der Waals surface area contributed by atoms with E-state index in [0.717, 1.165) is 18.7 Å². The van der Waals surface area contributed by atoms with E-state index in [2.05, 4.69) is 18.7 Å². The Kier molecular flexibility index (Phi) is 8.89. The molecule has 0 radical (unpaired) electrons. The summed E-state index contributed by atoms with van der Waals surface area (Å²) in [6.07, 6.45) is 4.44. The first kappa shape index (κ1) is 27.9. The minimum Gasteiger partial charge on any atom is -0.493 e. The van der Waals surface area contributed by atoms with E-state index < -0.39 is 5.25 Å². The van der Waals surface area contributed by atoms with Gasteiger partial charge in [0.1, 0.15) is 9.57 Å². The quantitative estimate of drug-likeness (QED) is 0.200. The zero-order valence-corrected chi connectivity index (χ0v) is 23.6. The summed E-state index contributed by atoms with van der Waals surface area (Å²) in [5.41, 5.74) is 1.69. The van der Waals surface area contributed by atoms with E-state index in [1.165, 1.54) is 29.2 Å². The average molecular weight is 553 g/mol. The number of piperidine rings is 1. The van der Waals surface area contributed by atoms with Crippen LogP contribution in [-0.2, 0) is 9.59 Å². The second-order valence-corrected chi connectivity index (χ2v) is 11.7.